The Hall–Kier alpha value is -1.46. The lowest BCUT2D eigenvalue weighted by Gasteiger charge is -2.24. The van der Waals surface area contributed by atoms with E-state index in [1.54, 1.807) is 19.1 Å². The molecule has 0 saturated heterocycles. The molecule has 0 aromatic heterocycles. The molecule has 0 aliphatic heterocycles. The third-order valence-electron chi connectivity index (χ3n) is 3.19. The first kappa shape index (κ1) is 15.6. The van der Waals surface area contributed by atoms with Crippen LogP contribution < -0.4 is 5.32 Å². The highest BCUT2D eigenvalue weighted by atomic mass is 16.6. The zero-order valence-corrected chi connectivity index (χ0v) is 11.8. The molecule has 0 atom stereocenters. The normalized spacial score (nSPS) is 11.6. The van der Waals surface area contributed by atoms with Crippen LogP contribution in [0, 0.1) is 22.5 Å². The number of hydrogen-bond donors (Lipinski definition) is 2. The number of aliphatic hydroxyl groups is 1. The molecule has 19 heavy (non-hydrogen) atoms. The van der Waals surface area contributed by atoms with E-state index in [9.17, 15) is 10.1 Å². The molecule has 1 aromatic carbocycles. The summed E-state index contributed by atoms with van der Waals surface area (Å²) in [6.45, 7) is 7.41. The van der Waals surface area contributed by atoms with Gasteiger partial charge in [0.25, 0.3) is 5.69 Å². The van der Waals surface area contributed by atoms with E-state index in [-0.39, 0.29) is 22.6 Å². The maximum absolute atomic E-state index is 10.8. The predicted molar refractivity (Wildman–Crippen MR) is 75.0 cm³/mol. The monoisotopic (exact) mass is 266 g/mol. The van der Waals surface area contributed by atoms with Crippen molar-refractivity contribution in [3.8, 4) is 0 Å². The molecule has 0 bridgehead atoms. The molecule has 0 radical (unpaired) electrons. The standard InChI is InChI=1S/C14H22N2O3/c1-11-4-5-12(8-13(11)16(18)19)9-15-10-14(2,3)6-7-17/h4-5,8,15,17H,6-7,9-10H2,1-3H3. The summed E-state index contributed by atoms with van der Waals surface area (Å²) in [6, 6.07) is 5.28. The average molecular weight is 266 g/mol. The van der Waals surface area contributed by atoms with E-state index in [1.165, 1.54) is 0 Å². The third-order valence-corrected chi connectivity index (χ3v) is 3.19. The van der Waals surface area contributed by atoms with E-state index in [4.69, 9.17) is 5.11 Å². The Morgan fingerprint density at radius 2 is 2.11 bits per heavy atom. The molecule has 5 heteroatoms. The van der Waals surface area contributed by atoms with Gasteiger partial charge in [-0.25, -0.2) is 0 Å². The first-order valence-electron chi connectivity index (χ1n) is 6.41. The van der Waals surface area contributed by atoms with Crippen LogP contribution in [-0.2, 0) is 6.54 Å². The van der Waals surface area contributed by atoms with Crippen LogP contribution in [0.15, 0.2) is 18.2 Å². The topological polar surface area (TPSA) is 75.4 Å². The van der Waals surface area contributed by atoms with Crippen LogP contribution in [-0.4, -0.2) is 23.2 Å². The lowest BCUT2D eigenvalue weighted by atomic mass is 9.90. The van der Waals surface area contributed by atoms with Crippen molar-refractivity contribution in [2.24, 2.45) is 5.41 Å². The van der Waals surface area contributed by atoms with Gasteiger partial charge in [-0.05, 0) is 24.3 Å². The van der Waals surface area contributed by atoms with Crippen LogP contribution in [0.3, 0.4) is 0 Å². The van der Waals surface area contributed by atoms with Crippen molar-refractivity contribution in [1.29, 1.82) is 0 Å². The zero-order valence-electron chi connectivity index (χ0n) is 11.8. The van der Waals surface area contributed by atoms with Gasteiger partial charge in [0.15, 0.2) is 0 Å². The van der Waals surface area contributed by atoms with Crippen molar-refractivity contribution in [2.75, 3.05) is 13.2 Å². The van der Waals surface area contributed by atoms with E-state index >= 15 is 0 Å². The first-order valence-corrected chi connectivity index (χ1v) is 6.41. The quantitative estimate of drug-likeness (QED) is 0.587. The summed E-state index contributed by atoms with van der Waals surface area (Å²) in [4.78, 5) is 10.5. The minimum atomic E-state index is -0.353. The van der Waals surface area contributed by atoms with Crippen molar-refractivity contribution in [2.45, 2.75) is 33.7 Å². The molecular weight excluding hydrogens is 244 g/mol. The number of rotatable bonds is 7. The fourth-order valence-electron chi connectivity index (χ4n) is 1.90. The first-order chi connectivity index (χ1) is 8.85. The summed E-state index contributed by atoms with van der Waals surface area (Å²) in [5, 5.41) is 23.1. The fourth-order valence-corrected chi connectivity index (χ4v) is 1.90. The van der Waals surface area contributed by atoms with Crippen molar-refractivity contribution in [3.05, 3.63) is 39.4 Å². The highest BCUT2D eigenvalue weighted by molar-refractivity contribution is 5.42. The highest BCUT2D eigenvalue weighted by Crippen LogP contribution is 2.20. The van der Waals surface area contributed by atoms with Crippen LogP contribution in [0.4, 0.5) is 5.69 Å². The molecule has 0 spiro atoms. The molecule has 0 heterocycles. The minimum absolute atomic E-state index is 0.0192. The summed E-state index contributed by atoms with van der Waals surface area (Å²) < 4.78 is 0. The van der Waals surface area contributed by atoms with Gasteiger partial charge in [-0.15, -0.1) is 0 Å². The van der Waals surface area contributed by atoms with Gasteiger partial charge in [-0.3, -0.25) is 10.1 Å². The van der Waals surface area contributed by atoms with Gasteiger partial charge in [0.05, 0.1) is 4.92 Å². The maximum atomic E-state index is 10.8. The van der Waals surface area contributed by atoms with Crippen molar-refractivity contribution >= 4 is 5.69 Å². The minimum Gasteiger partial charge on any atom is -0.396 e. The van der Waals surface area contributed by atoms with Gasteiger partial charge < -0.3 is 10.4 Å². The summed E-state index contributed by atoms with van der Waals surface area (Å²) in [5.74, 6) is 0. The van der Waals surface area contributed by atoms with E-state index in [0.717, 1.165) is 18.5 Å². The van der Waals surface area contributed by atoms with E-state index in [1.807, 2.05) is 6.07 Å². The molecule has 106 valence electrons. The number of benzene rings is 1. The third kappa shape index (κ3) is 4.96. The van der Waals surface area contributed by atoms with Crippen LogP contribution >= 0.6 is 0 Å². The smallest absolute Gasteiger partial charge is 0.272 e. The molecule has 0 fully saturated rings. The lowest BCUT2D eigenvalue weighted by molar-refractivity contribution is -0.385. The lowest BCUT2D eigenvalue weighted by Crippen LogP contribution is -2.29. The Labute approximate surface area is 113 Å². The SMILES string of the molecule is Cc1ccc(CNCC(C)(C)CCO)cc1[N+](=O)[O-]. The number of aliphatic hydroxyl groups excluding tert-OH is 1. The average Bonchev–Trinajstić information content (AvgIpc) is 2.30. The number of nitro benzene ring substituents is 1. The second-order valence-electron chi connectivity index (χ2n) is 5.62. The number of aryl methyl sites for hydroxylation is 1. The summed E-state index contributed by atoms with van der Waals surface area (Å²) in [7, 11) is 0. The van der Waals surface area contributed by atoms with Gasteiger partial charge in [0.1, 0.15) is 0 Å². The predicted octanol–water partition coefficient (Wildman–Crippen LogP) is 2.40. The number of hydrogen-bond acceptors (Lipinski definition) is 4. The summed E-state index contributed by atoms with van der Waals surface area (Å²) in [6.07, 6.45) is 0.730. The van der Waals surface area contributed by atoms with E-state index < -0.39 is 0 Å². The molecule has 0 aliphatic rings. The van der Waals surface area contributed by atoms with Crippen molar-refractivity contribution < 1.29 is 10.0 Å². The fraction of sp³-hybridized carbons (Fsp3) is 0.571. The Balaban J connectivity index is 2.59. The molecule has 0 saturated carbocycles. The van der Waals surface area contributed by atoms with Crippen LogP contribution in [0.25, 0.3) is 0 Å². The molecule has 1 rings (SSSR count). The maximum Gasteiger partial charge on any atom is 0.272 e. The summed E-state index contributed by atoms with van der Waals surface area (Å²) >= 11 is 0. The van der Waals surface area contributed by atoms with E-state index in [2.05, 4.69) is 19.2 Å². The van der Waals surface area contributed by atoms with Crippen LogP contribution in [0.5, 0.6) is 0 Å². The molecule has 5 nitrogen and oxygen atoms in total. The number of nitrogens with one attached hydrogen (secondary N) is 1. The van der Waals surface area contributed by atoms with Gasteiger partial charge in [0, 0.05) is 31.3 Å². The second-order valence-corrected chi connectivity index (χ2v) is 5.62. The zero-order chi connectivity index (χ0) is 14.5. The Kier molecular flexibility index (Phi) is 5.44. The van der Waals surface area contributed by atoms with Gasteiger partial charge in [-0.2, -0.15) is 0 Å². The van der Waals surface area contributed by atoms with Gasteiger partial charge in [-0.1, -0.05) is 26.0 Å². The molecule has 1 aromatic rings. The summed E-state index contributed by atoms with van der Waals surface area (Å²) in [5.41, 5.74) is 1.76. The molecular formula is C14H22N2O3. The van der Waals surface area contributed by atoms with Crippen LogP contribution in [0.1, 0.15) is 31.4 Å². The second kappa shape index (κ2) is 6.63. The molecule has 0 aliphatic carbocycles. The Morgan fingerprint density at radius 3 is 2.68 bits per heavy atom. The van der Waals surface area contributed by atoms with Gasteiger partial charge >= 0.3 is 0 Å². The highest BCUT2D eigenvalue weighted by Gasteiger charge is 2.16. The van der Waals surface area contributed by atoms with Gasteiger partial charge in [0.2, 0.25) is 0 Å². The Bertz CT molecular complexity index is 444. The van der Waals surface area contributed by atoms with E-state index in [0.29, 0.717) is 12.1 Å². The van der Waals surface area contributed by atoms with Crippen molar-refractivity contribution in [1.82, 2.24) is 5.32 Å². The number of nitro groups is 1. The largest absolute Gasteiger partial charge is 0.396 e. The Morgan fingerprint density at radius 1 is 1.42 bits per heavy atom. The van der Waals surface area contributed by atoms with Crippen LogP contribution in [0.2, 0.25) is 0 Å². The molecule has 0 unspecified atom stereocenters. The molecule has 2 N–H and O–H groups in total. The number of nitrogens with zero attached hydrogens (tertiary/aromatic N) is 1. The molecule has 0 amide bonds. The van der Waals surface area contributed by atoms with Crippen molar-refractivity contribution in [3.63, 3.8) is 0 Å².